The van der Waals surface area contributed by atoms with E-state index >= 15 is 0 Å². The maximum atomic E-state index is 12.7. The van der Waals surface area contributed by atoms with E-state index in [0.717, 1.165) is 25.3 Å². The van der Waals surface area contributed by atoms with Gasteiger partial charge in [0, 0.05) is 18.8 Å². The number of hydrogen-bond acceptors (Lipinski definition) is 5. The highest BCUT2D eigenvalue weighted by Gasteiger charge is 2.22. The van der Waals surface area contributed by atoms with Crippen LogP contribution in [0.3, 0.4) is 0 Å². The summed E-state index contributed by atoms with van der Waals surface area (Å²) in [5, 5.41) is 2.70. The number of anilines is 3. The minimum Gasteiger partial charge on any atom is -0.356 e. The number of pyridine rings is 1. The Morgan fingerprint density at radius 2 is 2.11 bits per heavy atom. The Morgan fingerprint density at radius 1 is 1.26 bits per heavy atom. The lowest BCUT2D eigenvalue weighted by Gasteiger charge is -2.31. The highest BCUT2D eigenvalue weighted by Crippen LogP contribution is 2.27. The van der Waals surface area contributed by atoms with Crippen LogP contribution in [0.15, 0.2) is 41.4 Å². The van der Waals surface area contributed by atoms with Gasteiger partial charge in [-0.15, -0.1) is 0 Å². The molecular formula is C19H22N4O3S. The number of fused-ring (bicyclic) bond motifs is 1. The van der Waals surface area contributed by atoms with Crippen molar-refractivity contribution in [2.75, 3.05) is 28.0 Å². The number of amides is 1. The Bertz CT molecular complexity index is 973. The number of sulfonamides is 1. The van der Waals surface area contributed by atoms with Crippen LogP contribution in [0.1, 0.15) is 25.3 Å². The van der Waals surface area contributed by atoms with E-state index in [2.05, 4.69) is 26.8 Å². The van der Waals surface area contributed by atoms with Crippen LogP contribution in [-0.4, -0.2) is 32.4 Å². The van der Waals surface area contributed by atoms with E-state index in [1.54, 1.807) is 18.3 Å². The third kappa shape index (κ3) is 3.75. The van der Waals surface area contributed by atoms with Crippen molar-refractivity contribution in [2.24, 2.45) is 5.92 Å². The molecule has 0 aliphatic carbocycles. The number of rotatable bonds is 4. The van der Waals surface area contributed by atoms with E-state index in [1.165, 1.54) is 18.6 Å². The second-order valence-corrected chi connectivity index (χ2v) is 8.93. The Balaban J connectivity index is 1.50. The average molecular weight is 386 g/mol. The summed E-state index contributed by atoms with van der Waals surface area (Å²) in [5.74, 6) is 1.38. The molecule has 142 valence electrons. The normalized spacial score (nSPS) is 19.5. The van der Waals surface area contributed by atoms with Crippen LogP contribution < -0.4 is 14.9 Å². The fourth-order valence-electron chi connectivity index (χ4n) is 3.62. The summed E-state index contributed by atoms with van der Waals surface area (Å²) >= 11 is 0. The number of carbonyl (C=O) groups excluding carboxylic acids is 1. The zero-order valence-electron chi connectivity index (χ0n) is 15.1. The number of aromatic nitrogens is 1. The number of nitrogens with zero attached hydrogens (tertiary/aromatic N) is 2. The lowest BCUT2D eigenvalue weighted by molar-refractivity contribution is -0.115. The Kier molecular flexibility index (Phi) is 4.51. The van der Waals surface area contributed by atoms with Gasteiger partial charge in [0.15, 0.2) is 0 Å². The molecule has 1 aromatic heterocycles. The maximum absolute atomic E-state index is 12.7. The first-order valence-corrected chi connectivity index (χ1v) is 10.6. The average Bonchev–Trinajstić information content (AvgIpc) is 3.01. The molecular weight excluding hydrogens is 364 g/mol. The van der Waals surface area contributed by atoms with Crippen LogP contribution in [0, 0.1) is 5.92 Å². The van der Waals surface area contributed by atoms with Gasteiger partial charge in [0.25, 0.3) is 10.0 Å². The van der Waals surface area contributed by atoms with E-state index in [9.17, 15) is 13.2 Å². The van der Waals surface area contributed by atoms with Gasteiger partial charge in [-0.05, 0) is 54.7 Å². The molecule has 1 fully saturated rings. The van der Waals surface area contributed by atoms with E-state index in [1.807, 2.05) is 6.07 Å². The molecule has 4 rings (SSSR count). The third-order valence-electron chi connectivity index (χ3n) is 4.99. The molecule has 1 atom stereocenters. The Hall–Kier alpha value is -2.61. The lowest BCUT2D eigenvalue weighted by Crippen LogP contribution is -2.34. The quantitative estimate of drug-likeness (QED) is 0.843. The van der Waals surface area contributed by atoms with Crippen LogP contribution in [0.5, 0.6) is 0 Å². The summed E-state index contributed by atoms with van der Waals surface area (Å²) in [4.78, 5) is 18.2. The second kappa shape index (κ2) is 6.84. The van der Waals surface area contributed by atoms with Crippen LogP contribution >= 0.6 is 0 Å². The van der Waals surface area contributed by atoms with Crippen molar-refractivity contribution in [1.29, 1.82) is 0 Å². The summed E-state index contributed by atoms with van der Waals surface area (Å²) in [6, 6.07) is 8.22. The third-order valence-corrected chi connectivity index (χ3v) is 6.37. The van der Waals surface area contributed by atoms with Gasteiger partial charge in [0.1, 0.15) is 5.82 Å². The van der Waals surface area contributed by atoms with Crippen molar-refractivity contribution < 1.29 is 13.2 Å². The van der Waals surface area contributed by atoms with E-state index in [4.69, 9.17) is 0 Å². The summed E-state index contributed by atoms with van der Waals surface area (Å²) in [6.45, 7) is 4.18. The van der Waals surface area contributed by atoms with Gasteiger partial charge >= 0.3 is 0 Å². The zero-order valence-corrected chi connectivity index (χ0v) is 15.9. The lowest BCUT2D eigenvalue weighted by atomic mass is 10.0. The Labute approximate surface area is 158 Å². The maximum Gasteiger partial charge on any atom is 0.261 e. The van der Waals surface area contributed by atoms with Crippen LogP contribution in [0.4, 0.5) is 17.2 Å². The van der Waals surface area contributed by atoms with E-state index < -0.39 is 10.0 Å². The highest BCUT2D eigenvalue weighted by molar-refractivity contribution is 7.92. The summed E-state index contributed by atoms with van der Waals surface area (Å²) in [7, 11) is -3.74. The second-order valence-electron chi connectivity index (χ2n) is 7.25. The van der Waals surface area contributed by atoms with Crippen LogP contribution in [-0.2, 0) is 21.2 Å². The standard InChI is InChI=1S/C19H22N4O3S/c1-13-3-2-8-23(12-13)18-7-4-15(11-20-18)22-27(25,26)16-5-6-17-14(9-16)10-19(24)21-17/h4-7,9,11,13,22H,2-3,8,10,12H2,1H3,(H,21,24). The molecule has 7 nitrogen and oxygen atoms in total. The number of piperidine rings is 1. The van der Waals surface area contributed by atoms with Gasteiger partial charge in [-0.25, -0.2) is 13.4 Å². The zero-order chi connectivity index (χ0) is 19.0. The van der Waals surface area contributed by atoms with Gasteiger partial charge in [-0.3, -0.25) is 9.52 Å². The first-order valence-electron chi connectivity index (χ1n) is 9.07. The van der Waals surface area contributed by atoms with E-state index in [0.29, 0.717) is 22.9 Å². The van der Waals surface area contributed by atoms with Crippen molar-refractivity contribution in [2.45, 2.75) is 31.1 Å². The number of carbonyl (C=O) groups is 1. The fourth-order valence-corrected chi connectivity index (χ4v) is 4.71. The monoisotopic (exact) mass is 386 g/mol. The Morgan fingerprint density at radius 3 is 2.85 bits per heavy atom. The molecule has 2 aliphatic rings. The smallest absolute Gasteiger partial charge is 0.261 e. The molecule has 1 amide bonds. The number of nitrogens with one attached hydrogen (secondary N) is 2. The fraction of sp³-hybridized carbons (Fsp3) is 0.368. The van der Waals surface area contributed by atoms with Crippen molar-refractivity contribution in [3.05, 3.63) is 42.1 Å². The molecule has 0 spiro atoms. The van der Waals surface area contributed by atoms with Crippen molar-refractivity contribution in [1.82, 2.24) is 4.98 Å². The summed E-state index contributed by atoms with van der Waals surface area (Å²) in [6.07, 6.45) is 4.12. The van der Waals surface area contributed by atoms with Gasteiger partial charge in [0.2, 0.25) is 5.91 Å². The molecule has 3 heterocycles. The molecule has 8 heteroatoms. The van der Waals surface area contributed by atoms with Crippen molar-refractivity contribution in [3.63, 3.8) is 0 Å². The van der Waals surface area contributed by atoms with Crippen molar-refractivity contribution in [3.8, 4) is 0 Å². The van der Waals surface area contributed by atoms with Crippen LogP contribution in [0.2, 0.25) is 0 Å². The molecule has 2 N–H and O–H groups in total. The minimum absolute atomic E-state index is 0.126. The predicted octanol–water partition coefficient (Wildman–Crippen LogP) is 2.61. The molecule has 2 aromatic rings. The molecule has 0 radical (unpaired) electrons. The molecule has 27 heavy (non-hydrogen) atoms. The number of hydrogen-bond donors (Lipinski definition) is 2. The van der Waals surface area contributed by atoms with Crippen LogP contribution in [0.25, 0.3) is 0 Å². The van der Waals surface area contributed by atoms with Gasteiger partial charge in [-0.2, -0.15) is 0 Å². The van der Waals surface area contributed by atoms with Gasteiger partial charge in [-0.1, -0.05) is 6.92 Å². The topological polar surface area (TPSA) is 91.4 Å². The predicted molar refractivity (Wildman–Crippen MR) is 104 cm³/mol. The molecule has 1 saturated heterocycles. The largest absolute Gasteiger partial charge is 0.356 e. The van der Waals surface area contributed by atoms with Gasteiger partial charge in [0.05, 0.1) is 23.2 Å². The van der Waals surface area contributed by atoms with Crippen molar-refractivity contribution >= 4 is 33.1 Å². The summed E-state index contributed by atoms with van der Waals surface area (Å²) in [5.41, 5.74) is 1.77. The molecule has 0 bridgehead atoms. The first kappa shape index (κ1) is 17.8. The molecule has 1 unspecified atom stereocenters. The first-order chi connectivity index (χ1) is 12.9. The molecule has 1 aromatic carbocycles. The van der Waals surface area contributed by atoms with E-state index in [-0.39, 0.29) is 17.2 Å². The van der Waals surface area contributed by atoms with Gasteiger partial charge < -0.3 is 10.2 Å². The SMILES string of the molecule is CC1CCCN(c2ccc(NS(=O)(=O)c3ccc4c(c3)CC(=O)N4)cn2)C1. The highest BCUT2D eigenvalue weighted by atomic mass is 32.2. The minimum atomic E-state index is -3.74. The molecule has 2 aliphatic heterocycles. The number of benzene rings is 1. The molecule has 0 saturated carbocycles. The summed E-state index contributed by atoms with van der Waals surface area (Å²) < 4.78 is 27.9.